The molecule has 1 aromatic heterocycles. The Bertz CT molecular complexity index is 963. The van der Waals surface area contributed by atoms with E-state index in [2.05, 4.69) is 10.3 Å². The maximum absolute atomic E-state index is 12.1. The predicted octanol–water partition coefficient (Wildman–Crippen LogP) is 1.87. The first kappa shape index (κ1) is 15.7. The molecule has 0 aliphatic rings. The monoisotopic (exact) mass is 323 g/mol. The molecule has 0 aliphatic carbocycles. The van der Waals surface area contributed by atoms with E-state index in [4.69, 9.17) is 4.74 Å². The van der Waals surface area contributed by atoms with Gasteiger partial charge in [-0.2, -0.15) is 0 Å². The molecular formula is C18H17N3O3. The Morgan fingerprint density at radius 3 is 2.88 bits per heavy atom. The summed E-state index contributed by atoms with van der Waals surface area (Å²) in [6.45, 7) is 0.302. The quantitative estimate of drug-likeness (QED) is 0.795. The highest BCUT2D eigenvalue weighted by molar-refractivity contribution is 5.94. The fourth-order valence-electron chi connectivity index (χ4n) is 2.39. The lowest BCUT2D eigenvalue weighted by Gasteiger charge is -2.09. The Kier molecular flexibility index (Phi) is 4.29. The number of carbonyl (C=O) groups is 1. The number of nitrogens with zero attached hydrogens (tertiary/aromatic N) is 2. The third kappa shape index (κ3) is 3.12. The van der Waals surface area contributed by atoms with Crippen LogP contribution in [0.2, 0.25) is 0 Å². The van der Waals surface area contributed by atoms with Crippen LogP contribution in [0, 0.1) is 0 Å². The fraction of sp³-hybridized carbons (Fsp3) is 0.167. The van der Waals surface area contributed by atoms with E-state index in [1.165, 1.54) is 10.9 Å². The highest BCUT2D eigenvalue weighted by Gasteiger charge is 2.06. The summed E-state index contributed by atoms with van der Waals surface area (Å²) in [6.07, 6.45) is 1.50. The zero-order valence-corrected chi connectivity index (χ0v) is 13.4. The second-order valence-electron chi connectivity index (χ2n) is 5.41. The van der Waals surface area contributed by atoms with Crippen LogP contribution in [-0.4, -0.2) is 22.5 Å². The summed E-state index contributed by atoms with van der Waals surface area (Å²) in [5, 5.41) is 3.10. The van der Waals surface area contributed by atoms with Gasteiger partial charge in [-0.05, 0) is 35.9 Å². The van der Waals surface area contributed by atoms with Crippen LogP contribution in [-0.2, 0) is 13.7 Å². The fourth-order valence-corrected chi connectivity index (χ4v) is 2.39. The average molecular weight is 323 g/mol. The van der Waals surface area contributed by atoms with Crippen LogP contribution in [0.5, 0.6) is 5.75 Å². The largest absolute Gasteiger partial charge is 0.489 e. The molecule has 0 spiro atoms. The molecule has 1 heterocycles. The van der Waals surface area contributed by atoms with E-state index < -0.39 is 0 Å². The van der Waals surface area contributed by atoms with E-state index in [-0.39, 0.29) is 11.5 Å². The van der Waals surface area contributed by atoms with Gasteiger partial charge in [0.1, 0.15) is 12.4 Å². The minimum Gasteiger partial charge on any atom is -0.489 e. The summed E-state index contributed by atoms with van der Waals surface area (Å²) in [4.78, 5) is 28.0. The van der Waals surface area contributed by atoms with Gasteiger partial charge in [0.2, 0.25) is 0 Å². The van der Waals surface area contributed by atoms with Crippen molar-refractivity contribution in [2.24, 2.45) is 7.05 Å². The molecule has 0 radical (unpaired) electrons. The van der Waals surface area contributed by atoms with Crippen molar-refractivity contribution in [3.8, 4) is 5.75 Å². The first-order valence-electron chi connectivity index (χ1n) is 7.47. The number of fused-ring (bicyclic) bond motifs is 1. The van der Waals surface area contributed by atoms with Crippen LogP contribution in [0.15, 0.2) is 53.6 Å². The molecule has 6 heteroatoms. The standard InChI is InChI=1S/C18H17N3O3/c1-19-17(22)13-5-3-4-12(8-13)10-24-14-6-7-16-15(9-14)18(23)21(2)11-20-16/h3-9,11H,10H2,1-2H3,(H,19,22). The second kappa shape index (κ2) is 6.54. The highest BCUT2D eigenvalue weighted by Crippen LogP contribution is 2.18. The van der Waals surface area contributed by atoms with Crippen molar-refractivity contribution in [1.29, 1.82) is 0 Å². The molecule has 1 amide bonds. The van der Waals surface area contributed by atoms with Gasteiger partial charge in [-0.25, -0.2) is 4.98 Å². The van der Waals surface area contributed by atoms with Crippen molar-refractivity contribution in [2.75, 3.05) is 7.05 Å². The van der Waals surface area contributed by atoms with Gasteiger partial charge < -0.3 is 14.6 Å². The zero-order chi connectivity index (χ0) is 17.1. The van der Waals surface area contributed by atoms with Gasteiger partial charge in [0.15, 0.2) is 0 Å². The van der Waals surface area contributed by atoms with Crippen LogP contribution in [0.4, 0.5) is 0 Å². The molecule has 0 fully saturated rings. The van der Waals surface area contributed by atoms with Gasteiger partial charge in [-0.3, -0.25) is 9.59 Å². The Morgan fingerprint density at radius 2 is 2.08 bits per heavy atom. The maximum Gasteiger partial charge on any atom is 0.261 e. The maximum atomic E-state index is 12.1. The van der Waals surface area contributed by atoms with E-state index in [1.54, 1.807) is 44.4 Å². The lowest BCUT2D eigenvalue weighted by molar-refractivity contribution is 0.0963. The number of aromatic nitrogens is 2. The van der Waals surface area contributed by atoms with Crippen LogP contribution >= 0.6 is 0 Å². The highest BCUT2D eigenvalue weighted by atomic mass is 16.5. The van der Waals surface area contributed by atoms with E-state index >= 15 is 0 Å². The van der Waals surface area contributed by atoms with Gasteiger partial charge in [0.05, 0.1) is 17.2 Å². The Hall–Kier alpha value is -3.15. The third-order valence-electron chi connectivity index (χ3n) is 3.71. The molecule has 24 heavy (non-hydrogen) atoms. The van der Waals surface area contributed by atoms with Gasteiger partial charge in [-0.1, -0.05) is 12.1 Å². The molecule has 6 nitrogen and oxygen atoms in total. The minimum atomic E-state index is -0.142. The van der Waals surface area contributed by atoms with Gasteiger partial charge in [-0.15, -0.1) is 0 Å². The van der Waals surface area contributed by atoms with E-state index in [0.717, 1.165) is 5.56 Å². The molecule has 0 atom stereocenters. The van der Waals surface area contributed by atoms with Gasteiger partial charge in [0.25, 0.3) is 11.5 Å². The molecule has 0 saturated heterocycles. The summed E-state index contributed by atoms with van der Waals surface area (Å²) in [7, 11) is 3.25. The Morgan fingerprint density at radius 1 is 1.25 bits per heavy atom. The van der Waals surface area contributed by atoms with Crippen molar-refractivity contribution in [2.45, 2.75) is 6.61 Å². The molecule has 0 bridgehead atoms. The lowest BCUT2D eigenvalue weighted by atomic mass is 10.1. The molecule has 1 N–H and O–H groups in total. The van der Waals surface area contributed by atoms with Crippen LogP contribution in [0.3, 0.4) is 0 Å². The molecule has 3 aromatic rings. The summed E-state index contributed by atoms with van der Waals surface area (Å²) in [5.41, 5.74) is 1.96. The van der Waals surface area contributed by atoms with Crippen LogP contribution in [0.25, 0.3) is 10.9 Å². The average Bonchev–Trinajstić information content (AvgIpc) is 2.63. The van der Waals surface area contributed by atoms with Crippen molar-refractivity contribution >= 4 is 16.8 Å². The minimum absolute atomic E-state index is 0.118. The first-order chi connectivity index (χ1) is 11.6. The predicted molar refractivity (Wildman–Crippen MR) is 91.1 cm³/mol. The number of rotatable bonds is 4. The van der Waals surface area contributed by atoms with Gasteiger partial charge >= 0.3 is 0 Å². The number of carbonyl (C=O) groups excluding carboxylic acids is 1. The summed E-state index contributed by atoms with van der Waals surface area (Å²) in [5.74, 6) is 0.440. The topological polar surface area (TPSA) is 73.2 Å². The Balaban J connectivity index is 1.82. The molecule has 0 aliphatic heterocycles. The number of hydrogen-bond donors (Lipinski definition) is 1. The smallest absolute Gasteiger partial charge is 0.261 e. The molecular weight excluding hydrogens is 306 g/mol. The van der Waals surface area contributed by atoms with E-state index in [1.807, 2.05) is 12.1 Å². The zero-order valence-electron chi connectivity index (χ0n) is 13.4. The number of hydrogen-bond acceptors (Lipinski definition) is 4. The van der Waals surface area contributed by atoms with Crippen LogP contribution in [0.1, 0.15) is 15.9 Å². The van der Waals surface area contributed by atoms with Crippen molar-refractivity contribution in [1.82, 2.24) is 14.9 Å². The number of aryl methyl sites for hydroxylation is 1. The van der Waals surface area contributed by atoms with Crippen molar-refractivity contribution in [3.05, 3.63) is 70.3 Å². The number of amides is 1. The second-order valence-corrected chi connectivity index (χ2v) is 5.41. The number of ether oxygens (including phenoxy) is 1. The summed E-state index contributed by atoms with van der Waals surface area (Å²) >= 11 is 0. The molecule has 3 rings (SSSR count). The van der Waals surface area contributed by atoms with Crippen molar-refractivity contribution < 1.29 is 9.53 Å². The van der Waals surface area contributed by atoms with Crippen LogP contribution < -0.4 is 15.6 Å². The van der Waals surface area contributed by atoms with Crippen molar-refractivity contribution in [3.63, 3.8) is 0 Å². The van der Waals surface area contributed by atoms with Gasteiger partial charge in [0, 0.05) is 19.7 Å². The lowest BCUT2D eigenvalue weighted by Crippen LogP contribution is -2.18. The number of benzene rings is 2. The normalized spacial score (nSPS) is 10.6. The molecule has 0 unspecified atom stereocenters. The van der Waals surface area contributed by atoms with E-state index in [9.17, 15) is 9.59 Å². The van der Waals surface area contributed by atoms with E-state index in [0.29, 0.717) is 28.8 Å². The summed E-state index contributed by atoms with van der Waals surface area (Å²) in [6, 6.07) is 12.4. The molecule has 2 aromatic carbocycles. The number of nitrogens with one attached hydrogen (secondary N) is 1. The first-order valence-corrected chi connectivity index (χ1v) is 7.47. The molecule has 122 valence electrons. The Labute approximate surface area is 138 Å². The summed E-state index contributed by atoms with van der Waals surface area (Å²) < 4.78 is 7.19. The third-order valence-corrected chi connectivity index (χ3v) is 3.71. The SMILES string of the molecule is CNC(=O)c1cccc(COc2ccc3ncn(C)c(=O)c3c2)c1. The molecule has 0 saturated carbocycles.